The van der Waals surface area contributed by atoms with Gasteiger partial charge < -0.3 is 10.4 Å². The van der Waals surface area contributed by atoms with Gasteiger partial charge in [0.2, 0.25) is 5.91 Å². The van der Waals surface area contributed by atoms with Crippen LogP contribution in [0.15, 0.2) is 24.3 Å². The maximum atomic E-state index is 12.6. The van der Waals surface area contributed by atoms with Crippen LogP contribution < -0.4 is 5.32 Å². The first-order valence-corrected chi connectivity index (χ1v) is 7.66. The second-order valence-electron chi connectivity index (χ2n) is 6.42. The lowest BCUT2D eigenvalue weighted by molar-refractivity contribution is -0.156. The Bertz CT molecular complexity index is 561. The summed E-state index contributed by atoms with van der Waals surface area (Å²) in [5.41, 5.74) is 1.83. The molecule has 0 radical (unpaired) electrons. The van der Waals surface area contributed by atoms with Crippen molar-refractivity contribution in [2.75, 3.05) is 5.32 Å². The molecule has 1 aromatic rings. The summed E-state index contributed by atoms with van der Waals surface area (Å²) < 4.78 is 0. The number of carboxylic acids is 1. The van der Waals surface area contributed by atoms with Crippen molar-refractivity contribution in [3.8, 4) is 0 Å². The van der Waals surface area contributed by atoms with Crippen LogP contribution in [0.3, 0.4) is 0 Å². The van der Waals surface area contributed by atoms with Gasteiger partial charge in [0, 0.05) is 5.69 Å². The second-order valence-corrected chi connectivity index (χ2v) is 6.42. The van der Waals surface area contributed by atoms with Crippen molar-refractivity contribution >= 4 is 17.6 Å². The van der Waals surface area contributed by atoms with E-state index in [1.807, 2.05) is 31.2 Å². The van der Waals surface area contributed by atoms with E-state index in [1.165, 1.54) is 0 Å². The van der Waals surface area contributed by atoms with Gasteiger partial charge in [-0.05, 0) is 62.1 Å². The van der Waals surface area contributed by atoms with Crippen LogP contribution in [0, 0.1) is 30.6 Å². The Morgan fingerprint density at radius 3 is 2.29 bits per heavy atom. The number of aryl methyl sites for hydroxylation is 1. The van der Waals surface area contributed by atoms with Gasteiger partial charge in [-0.25, -0.2) is 0 Å². The minimum atomic E-state index is -0.811. The van der Waals surface area contributed by atoms with Gasteiger partial charge in [-0.2, -0.15) is 0 Å². The first kappa shape index (κ1) is 14.1. The molecule has 2 bridgehead atoms. The predicted octanol–water partition coefficient (Wildman–Crippen LogP) is 3.07. The second kappa shape index (κ2) is 5.51. The zero-order chi connectivity index (χ0) is 15.0. The van der Waals surface area contributed by atoms with E-state index in [-0.39, 0.29) is 23.7 Å². The molecule has 112 valence electrons. The smallest absolute Gasteiger partial charge is 0.307 e. The van der Waals surface area contributed by atoms with Crippen molar-refractivity contribution in [1.29, 1.82) is 0 Å². The molecule has 1 amide bonds. The molecule has 4 nitrogen and oxygen atoms in total. The third-order valence-electron chi connectivity index (χ3n) is 5.09. The van der Waals surface area contributed by atoms with Crippen molar-refractivity contribution in [2.45, 2.75) is 32.6 Å². The first-order chi connectivity index (χ1) is 10.1. The number of fused-ring (bicyclic) bond motifs is 3. The standard InChI is InChI=1S/C17H21NO3/c1-10-3-2-4-13(9-10)18-16(19)14-11-5-7-12(8-6-11)15(14)17(20)21/h2-4,9,11-12,14-15H,5-8H2,1H3,(H,18,19)(H,20,21)/t11?,12?,14-,15-/m0/s1. The Hall–Kier alpha value is -1.84. The minimum absolute atomic E-state index is 0.123. The van der Waals surface area contributed by atoms with Crippen LogP contribution in [0.2, 0.25) is 0 Å². The monoisotopic (exact) mass is 287 g/mol. The maximum absolute atomic E-state index is 12.6. The number of anilines is 1. The molecule has 3 aliphatic carbocycles. The SMILES string of the molecule is Cc1cccc(NC(=O)[C@H]2C3CCC(CC3)[C@@H]2C(=O)O)c1. The molecule has 0 unspecified atom stereocenters. The van der Waals surface area contributed by atoms with Crippen LogP contribution in [0.5, 0.6) is 0 Å². The lowest BCUT2D eigenvalue weighted by Gasteiger charge is -2.45. The number of hydrogen-bond donors (Lipinski definition) is 2. The molecule has 21 heavy (non-hydrogen) atoms. The lowest BCUT2D eigenvalue weighted by Crippen LogP contribution is -2.49. The Balaban J connectivity index is 1.80. The van der Waals surface area contributed by atoms with Gasteiger partial charge in [0.15, 0.2) is 0 Å². The third kappa shape index (κ3) is 2.67. The van der Waals surface area contributed by atoms with Crippen molar-refractivity contribution in [2.24, 2.45) is 23.7 Å². The fourth-order valence-corrected chi connectivity index (χ4v) is 4.13. The van der Waals surface area contributed by atoms with Crippen LogP contribution in [0.25, 0.3) is 0 Å². The molecule has 0 saturated heterocycles. The molecule has 4 rings (SSSR count). The normalized spacial score (nSPS) is 30.9. The van der Waals surface area contributed by atoms with Crippen LogP contribution >= 0.6 is 0 Å². The summed E-state index contributed by atoms with van der Waals surface area (Å²) >= 11 is 0. The van der Waals surface area contributed by atoms with E-state index in [1.54, 1.807) is 0 Å². The van der Waals surface area contributed by atoms with Crippen molar-refractivity contribution in [3.05, 3.63) is 29.8 Å². The summed E-state index contributed by atoms with van der Waals surface area (Å²) in [7, 11) is 0. The number of carbonyl (C=O) groups is 2. The number of hydrogen-bond acceptors (Lipinski definition) is 2. The average molecular weight is 287 g/mol. The predicted molar refractivity (Wildman–Crippen MR) is 79.9 cm³/mol. The Morgan fingerprint density at radius 2 is 1.71 bits per heavy atom. The highest BCUT2D eigenvalue weighted by Gasteiger charge is 2.50. The number of benzene rings is 1. The summed E-state index contributed by atoms with van der Waals surface area (Å²) in [5, 5.41) is 12.4. The number of nitrogens with one attached hydrogen (secondary N) is 1. The Labute approximate surface area is 124 Å². The van der Waals surface area contributed by atoms with Gasteiger partial charge in [-0.3, -0.25) is 9.59 Å². The van der Waals surface area contributed by atoms with Gasteiger partial charge in [-0.15, -0.1) is 0 Å². The summed E-state index contributed by atoms with van der Waals surface area (Å²) in [5.74, 6) is -1.43. The molecule has 0 aliphatic heterocycles. The van der Waals surface area contributed by atoms with Gasteiger partial charge in [-0.1, -0.05) is 12.1 Å². The molecule has 3 saturated carbocycles. The van der Waals surface area contributed by atoms with E-state index in [4.69, 9.17) is 0 Å². The quantitative estimate of drug-likeness (QED) is 0.898. The number of carbonyl (C=O) groups excluding carboxylic acids is 1. The highest BCUT2D eigenvalue weighted by Crippen LogP contribution is 2.49. The summed E-state index contributed by atoms with van der Waals surface area (Å²) in [6, 6.07) is 7.63. The van der Waals surface area contributed by atoms with Crippen LogP contribution in [0.4, 0.5) is 5.69 Å². The highest BCUT2D eigenvalue weighted by atomic mass is 16.4. The number of amides is 1. The Kier molecular flexibility index (Phi) is 3.70. The zero-order valence-electron chi connectivity index (χ0n) is 12.2. The molecule has 3 fully saturated rings. The van der Waals surface area contributed by atoms with Gasteiger partial charge in [0.05, 0.1) is 11.8 Å². The van der Waals surface area contributed by atoms with Crippen LogP contribution in [-0.4, -0.2) is 17.0 Å². The topological polar surface area (TPSA) is 66.4 Å². The fourth-order valence-electron chi connectivity index (χ4n) is 4.13. The minimum Gasteiger partial charge on any atom is -0.481 e. The summed E-state index contributed by atoms with van der Waals surface area (Å²) in [6.07, 6.45) is 3.88. The molecular weight excluding hydrogens is 266 g/mol. The average Bonchev–Trinajstić information content (AvgIpc) is 2.47. The van der Waals surface area contributed by atoms with Crippen molar-refractivity contribution in [3.63, 3.8) is 0 Å². The van der Waals surface area contributed by atoms with Crippen LogP contribution in [-0.2, 0) is 9.59 Å². The zero-order valence-corrected chi connectivity index (χ0v) is 12.2. The molecular formula is C17H21NO3. The largest absolute Gasteiger partial charge is 0.481 e. The van der Waals surface area contributed by atoms with Gasteiger partial charge in [0.1, 0.15) is 0 Å². The molecule has 0 heterocycles. The van der Waals surface area contributed by atoms with Crippen molar-refractivity contribution < 1.29 is 14.7 Å². The highest BCUT2D eigenvalue weighted by molar-refractivity contribution is 5.95. The van der Waals surface area contributed by atoms with E-state index in [0.29, 0.717) is 0 Å². The summed E-state index contributed by atoms with van der Waals surface area (Å²) in [4.78, 5) is 24.2. The van der Waals surface area contributed by atoms with Crippen LogP contribution in [0.1, 0.15) is 31.2 Å². The van der Waals surface area contributed by atoms with E-state index in [2.05, 4.69) is 5.32 Å². The Morgan fingerprint density at radius 1 is 1.10 bits per heavy atom. The molecule has 2 N–H and O–H groups in total. The molecule has 2 atom stereocenters. The van der Waals surface area contributed by atoms with Gasteiger partial charge >= 0.3 is 5.97 Å². The van der Waals surface area contributed by atoms with Crippen molar-refractivity contribution in [1.82, 2.24) is 0 Å². The molecule has 1 aromatic carbocycles. The number of carboxylic acid groups (broad SMARTS) is 1. The van der Waals surface area contributed by atoms with E-state index < -0.39 is 11.9 Å². The van der Waals surface area contributed by atoms with Gasteiger partial charge in [0.25, 0.3) is 0 Å². The molecule has 4 heteroatoms. The molecule has 3 aliphatic rings. The molecule has 0 spiro atoms. The third-order valence-corrected chi connectivity index (χ3v) is 5.09. The number of aliphatic carboxylic acids is 1. The summed E-state index contributed by atoms with van der Waals surface area (Å²) in [6.45, 7) is 1.97. The van der Waals surface area contributed by atoms with E-state index in [0.717, 1.165) is 36.9 Å². The molecule has 0 aromatic heterocycles. The first-order valence-electron chi connectivity index (χ1n) is 7.66. The maximum Gasteiger partial charge on any atom is 0.307 e. The number of rotatable bonds is 3. The lowest BCUT2D eigenvalue weighted by atomic mass is 9.58. The van der Waals surface area contributed by atoms with E-state index >= 15 is 0 Å². The van der Waals surface area contributed by atoms with E-state index in [9.17, 15) is 14.7 Å². The fraction of sp³-hybridized carbons (Fsp3) is 0.529.